The molecule has 4 nitrogen and oxygen atoms in total. The largest absolute Gasteiger partial charge is 0.489 e. The number of benzene rings is 3. The predicted molar refractivity (Wildman–Crippen MR) is 86.4 cm³/mol. The van der Waals surface area contributed by atoms with Gasteiger partial charge in [0, 0.05) is 5.56 Å². The Balaban J connectivity index is 1.81. The molecule has 0 aliphatic heterocycles. The topological polar surface area (TPSA) is 64.3 Å². The third-order valence-electron chi connectivity index (χ3n) is 3.50. The zero-order valence-corrected chi connectivity index (χ0v) is 12.0. The zero-order valence-electron chi connectivity index (χ0n) is 12.0. The summed E-state index contributed by atoms with van der Waals surface area (Å²) in [4.78, 5) is 11.5. The summed E-state index contributed by atoms with van der Waals surface area (Å²) in [6, 6.07) is 21.3. The van der Waals surface area contributed by atoms with E-state index in [4.69, 9.17) is 10.6 Å². The molecule has 3 aromatic carbocycles. The van der Waals surface area contributed by atoms with E-state index < -0.39 is 0 Å². The number of carbonyl (C=O) groups is 1. The summed E-state index contributed by atoms with van der Waals surface area (Å²) >= 11 is 0. The van der Waals surface area contributed by atoms with Gasteiger partial charge in [-0.15, -0.1) is 0 Å². The molecule has 0 aliphatic carbocycles. The lowest BCUT2D eigenvalue weighted by atomic mass is 10.1. The first-order chi connectivity index (χ1) is 10.8. The van der Waals surface area contributed by atoms with E-state index in [2.05, 4.69) is 23.6 Å². The summed E-state index contributed by atoms with van der Waals surface area (Å²) in [6.45, 7) is 0.440. The third-order valence-corrected chi connectivity index (χ3v) is 3.50. The van der Waals surface area contributed by atoms with Crippen molar-refractivity contribution in [2.45, 2.75) is 6.61 Å². The van der Waals surface area contributed by atoms with Gasteiger partial charge in [0.15, 0.2) is 0 Å². The summed E-state index contributed by atoms with van der Waals surface area (Å²) in [5.74, 6) is 5.44. The maximum absolute atomic E-state index is 11.5. The number of hydrogen-bond acceptors (Lipinski definition) is 3. The van der Waals surface area contributed by atoms with Crippen molar-refractivity contribution in [2.75, 3.05) is 0 Å². The minimum Gasteiger partial charge on any atom is -0.489 e. The fourth-order valence-corrected chi connectivity index (χ4v) is 2.39. The van der Waals surface area contributed by atoms with E-state index in [0.29, 0.717) is 17.9 Å². The lowest BCUT2D eigenvalue weighted by molar-refractivity contribution is 0.0953. The van der Waals surface area contributed by atoms with Gasteiger partial charge in [0.25, 0.3) is 5.91 Å². The molecule has 0 aliphatic rings. The van der Waals surface area contributed by atoms with Crippen LogP contribution in [0.3, 0.4) is 0 Å². The fourth-order valence-electron chi connectivity index (χ4n) is 2.39. The molecule has 3 N–H and O–H groups in total. The Labute approximate surface area is 128 Å². The van der Waals surface area contributed by atoms with Crippen molar-refractivity contribution in [1.29, 1.82) is 0 Å². The van der Waals surface area contributed by atoms with Gasteiger partial charge < -0.3 is 4.74 Å². The molecule has 0 radical (unpaired) electrons. The van der Waals surface area contributed by atoms with Crippen LogP contribution in [-0.2, 0) is 6.61 Å². The van der Waals surface area contributed by atoms with Gasteiger partial charge in [0.05, 0.1) is 0 Å². The smallest absolute Gasteiger partial charge is 0.265 e. The Morgan fingerprint density at radius 2 is 1.77 bits per heavy atom. The van der Waals surface area contributed by atoms with Gasteiger partial charge >= 0.3 is 0 Å². The number of hydrogen-bond donors (Lipinski definition) is 2. The van der Waals surface area contributed by atoms with Crippen LogP contribution in [0, 0.1) is 0 Å². The van der Waals surface area contributed by atoms with Crippen molar-refractivity contribution in [3.05, 3.63) is 77.9 Å². The number of carbonyl (C=O) groups excluding carboxylic acids is 1. The van der Waals surface area contributed by atoms with Crippen LogP contribution in [0.1, 0.15) is 15.9 Å². The van der Waals surface area contributed by atoms with Crippen LogP contribution in [0.4, 0.5) is 0 Å². The molecule has 0 fully saturated rings. The van der Waals surface area contributed by atoms with Crippen LogP contribution in [-0.4, -0.2) is 5.91 Å². The van der Waals surface area contributed by atoms with Crippen LogP contribution in [0.2, 0.25) is 0 Å². The maximum Gasteiger partial charge on any atom is 0.265 e. The van der Waals surface area contributed by atoms with E-state index in [1.807, 2.05) is 30.3 Å². The second kappa shape index (κ2) is 6.28. The first-order valence-electron chi connectivity index (χ1n) is 6.98. The number of hydrazine groups is 1. The molecule has 0 saturated carbocycles. The SMILES string of the molecule is NNC(=O)c1cccc(OCc2cccc3ccccc23)c1. The van der Waals surface area contributed by atoms with Crippen LogP contribution in [0.15, 0.2) is 66.7 Å². The summed E-state index contributed by atoms with van der Waals surface area (Å²) in [7, 11) is 0. The Bertz CT molecular complexity index is 810. The molecule has 0 spiro atoms. The molecule has 0 unspecified atom stereocenters. The minimum absolute atomic E-state index is 0.337. The van der Waals surface area contributed by atoms with Gasteiger partial charge in [-0.3, -0.25) is 10.2 Å². The molecule has 110 valence electrons. The Hall–Kier alpha value is -2.85. The highest BCUT2D eigenvalue weighted by Crippen LogP contribution is 2.21. The van der Waals surface area contributed by atoms with Crippen molar-refractivity contribution in [3.8, 4) is 5.75 Å². The second-order valence-electron chi connectivity index (χ2n) is 4.93. The van der Waals surface area contributed by atoms with Gasteiger partial charge in [0.1, 0.15) is 12.4 Å². The van der Waals surface area contributed by atoms with Crippen LogP contribution >= 0.6 is 0 Å². The van der Waals surface area contributed by atoms with Crippen LogP contribution in [0.25, 0.3) is 10.8 Å². The number of nitrogens with one attached hydrogen (secondary N) is 1. The van der Waals surface area contributed by atoms with E-state index in [9.17, 15) is 4.79 Å². The van der Waals surface area contributed by atoms with E-state index in [-0.39, 0.29) is 5.91 Å². The standard InChI is InChI=1S/C18H16N2O2/c19-20-18(21)14-7-4-9-16(11-14)22-12-15-8-3-6-13-5-1-2-10-17(13)15/h1-11H,12,19H2,(H,20,21). The van der Waals surface area contributed by atoms with Crippen molar-refractivity contribution in [2.24, 2.45) is 5.84 Å². The Kier molecular flexibility index (Phi) is 4.03. The number of amides is 1. The van der Waals surface area contributed by atoms with Gasteiger partial charge in [-0.1, -0.05) is 48.5 Å². The molecule has 0 aromatic heterocycles. The van der Waals surface area contributed by atoms with Gasteiger partial charge in [-0.25, -0.2) is 5.84 Å². The van der Waals surface area contributed by atoms with Gasteiger partial charge in [-0.2, -0.15) is 0 Å². The summed E-state index contributed by atoms with van der Waals surface area (Å²) in [5.41, 5.74) is 3.69. The predicted octanol–water partition coefficient (Wildman–Crippen LogP) is 3.02. The zero-order chi connectivity index (χ0) is 15.4. The highest BCUT2D eigenvalue weighted by atomic mass is 16.5. The first kappa shape index (κ1) is 14.1. The van der Waals surface area contributed by atoms with E-state index in [0.717, 1.165) is 5.56 Å². The highest BCUT2D eigenvalue weighted by Gasteiger charge is 2.06. The molecule has 0 saturated heterocycles. The van der Waals surface area contributed by atoms with Crippen molar-refractivity contribution < 1.29 is 9.53 Å². The summed E-state index contributed by atoms with van der Waals surface area (Å²) in [5, 5.41) is 2.35. The van der Waals surface area contributed by atoms with Gasteiger partial charge in [-0.05, 0) is 34.5 Å². The number of nitrogens with two attached hydrogens (primary N) is 1. The van der Waals surface area contributed by atoms with Crippen molar-refractivity contribution in [1.82, 2.24) is 5.43 Å². The molecule has 3 rings (SSSR count). The van der Waals surface area contributed by atoms with Crippen molar-refractivity contribution in [3.63, 3.8) is 0 Å². The van der Waals surface area contributed by atoms with E-state index in [1.165, 1.54) is 10.8 Å². The lowest BCUT2D eigenvalue weighted by Gasteiger charge is -2.10. The van der Waals surface area contributed by atoms with Crippen LogP contribution < -0.4 is 16.0 Å². The Morgan fingerprint density at radius 1 is 1.00 bits per heavy atom. The third kappa shape index (κ3) is 2.92. The highest BCUT2D eigenvalue weighted by molar-refractivity contribution is 5.94. The minimum atomic E-state index is -0.337. The second-order valence-corrected chi connectivity index (χ2v) is 4.93. The van der Waals surface area contributed by atoms with E-state index in [1.54, 1.807) is 18.2 Å². The molecule has 0 atom stereocenters. The van der Waals surface area contributed by atoms with Crippen LogP contribution in [0.5, 0.6) is 5.75 Å². The molecule has 22 heavy (non-hydrogen) atoms. The quantitative estimate of drug-likeness (QED) is 0.441. The average molecular weight is 292 g/mol. The number of rotatable bonds is 4. The fraction of sp³-hybridized carbons (Fsp3) is 0.0556. The molecule has 0 bridgehead atoms. The molecule has 3 aromatic rings. The number of nitrogen functional groups attached to an aromatic ring is 1. The lowest BCUT2D eigenvalue weighted by Crippen LogP contribution is -2.29. The number of fused-ring (bicyclic) bond motifs is 1. The summed E-state index contributed by atoms with van der Waals surface area (Å²) in [6.07, 6.45) is 0. The Morgan fingerprint density at radius 3 is 2.64 bits per heavy atom. The van der Waals surface area contributed by atoms with Gasteiger partial charge in [0.2, 0.25) is 0 Å². The average Bonchev–Trinajstić information content (AvgIpc) is 2.59. The number of ether oxygens (including phenoxy) is 1. The molecular weight excluding hydrogens is 276 g/mol. The summed E-state index contributed by atoms with van der Waals surface area (Å²) < 4.78 is 5.81. The monoisotopic (exact) mass is 292 g/mol. The molecule has 1 amide bonds. The molecule has 0 heterocycles. The molecular formula is C18H16N2O2. The van der Waals surface area contributed by atoms with Crippen molar-refractivity contribution >= 4 is 16.7 Å². The maximum atomic E-state index is 11.5. The first-order valence-corrected chi connectivity index (χ1v) is 6.98. The molecule has 4 heteroatoms. The van der Waals surface area contributed by atoms with E-state index >= 15 is 0 Å². The normalized spacial score (nSPS) is 10.4.